The molecule has 1 aliphatic rings. The maximum absolute atomic E-state index is 6.32. The predicted octanol–water partition coefficient (Wildman–Crippen LogP) is 4.47. The number of benzene rings is 1. The second-order valence-corrected chi connectivity index (χ2v) is 5.86. The van der Waals surface area contributed by atoms with Crippen LogP contribution in [0.5, 0.6) is 0 Å². The van der Waals surface area contributed by atoms with E-state index in [0.717, 1.165) is 19.6 Å². The fourth-order valence-corrected chi connectivity index (χ4v) is 3.50. The Morgan fingerprint density at radius 2 is 1.80 bits per heavy atom. The highest BCUT2D eigenvalue weighted by Gasteiger charge is 2.41. The van der Waals surface area contributed by atoms with Gasteiger partial charge >= 0.3 is 0 Å². The summed E-state index contributed by atoms with van der Waals surface area (Å²) in [5.74, 6) is 0. The van der Waals surface area contributed by atoms with Crippen LogP contribution in [0.4, 0.5) is 0 Å². The van der Waals surface area contributed by atoms with Crippen molar-refractivity contribution >= 4 is 0 Å². The van der Waals surface area contributed by atoms with E-state index in [2.05, 4.69) is 49.5 Å². The molecule has 1 aliphatic carbocycles. The zero-order chi connectivity index (χ0) is 14.3. The molecule has 0 amide bonds. The molecule has 0 aromatic heterocycles. The topological polar surface area (TPSA) is 21.3 Å². The molecule has 0 aliphatic heterocycles. The van der Waals surface area contributed by atoms with Crippen LogP contribution >= 0.6 is 0 Å². The van der Waals surface area contributed by atoms with Gasteiger partial charge in [-0.2, -0.15) is 0 Å². The molecule has 1 N–H and O–H groups in total. The lowest BCUT2D eigenvalue weighted by Gasteiger charge is -2.44. The smallest absolute Gasteiger partial charge is 0.0876 e. The Balaban J connectivity index is 2.26. The molecule has 1 atom stereocenters. The lowest BCUT2D eigenvalue weighted by molar-refractivity contribution is -0.0912. The van der Waals surface area contributed by atoms with Crippen molar-refractivity contribution in [3.05, 3.63) is 35.9 Å². The molecule has 1 unspecified atom stereocenters. The van der Waals surface area contributed by atoms with Gasteiger partial charge < -0.3 is 10.1 Å². The van der Waals surface area contributed by atoms with E-state index in [1.165, 1.54) is 37.7 Å². The molecule has 2 nitrogen and oxygen atoms in total. The molecule has 0 bridgehead atoms. The molecule has 0 heterocycles. The Kier molecular flexibility index (Phi) is 6.06. The fourth-order valence-electron chi connectivity index (χ4n) is 3.50. The van der Waals surface area contributed by atoms with Gasteiger partial charge in [0.05, 0.1) is 11.6 Å². The van der Waals surface area contributed by atoms with Crippen molar-refractivity contribution < 1.29 is 4.74 Å². The van der Waals surface area contributed by atoms with Gasteiger partial charge in [-0.05, 0) is 38.3 Å². The number of hydrogen-bond acceptors (Lipinski definition) is 2. The summed E-state index contributed by atoms with van der Waals surface area (Å²) in [4.78, 5) is 0. The van der Waals surface area contributed by atoms with Crippen LogP contribution in [0, 0.1) is 0 Å². The summed E-state index contributed by atoms with van der Waals surface area (Å²) >= 11 is 0. The van der Waals surface area contributed by atoms with Crippen LogP contribution in [0.2, 0.25) is 0 Å². The minimum Gasteiger partial charge on any atom is -0.373 e. The quantitative estimate of drug-likeness (QED) is 0.793. The lowest BCUT2D eigenvalue weighted by Crippen LogP contribution is -2.47. The molecule has 0 saturated heterocycles. The Bertz CT molecular complexity index is 365. The van der Waals surface area contributed by atoms with Gasteiger partial charge in [-0.3, -0.25) is 0 Å². The lowest BCUT2D eigenvalue weighted by atomic mass is 9.76. The van der Waals surface area contributed by atoms with E-state index in [4.69, 9.17) is 4.74 Å². The summed E-state index contributed by atoms with van der Waals surface area (Å²) in [5, 5.41) is 3.76. The van der Waals surface area contributed by atoms with E-state index < -0.39 is 0 Å². The first kappa shape index (κ1) is 15.5. The summed E-state index contributed by atoms with van der Waals surface area (Å²) in [6.07, 6.45) is 7.44. The second kappa shape index (κ2) is 7.80. The minimum absolute atomic E-state index is 0.0104. The van der Waals surface area contributed by atoms with Crippen molar-refractivity contribution in [3.63, 3.8) is 0 Å². The molecular formula is C18H29NO. The Labute approximate surface area is 123 Å². The van der Waals surface area contributed by atoms with Crippen LogP contribution in [0.15, 0.2) is 30.3 Å². The molecule has 112 valence electrons. The molecule has 20 heavy (non-hydrogen) atoms. The number of ether oxygens (including phenoxy) is 1. The van der Waals surface area contributed by atoms with Crippen LogP contribution in [-0.2, 0) is 4.74 Å². The molecule has 0 radical (unpaired) electrons. The first-order valence-corrected chi connectivity index (χ1v) is 8.24. The van der Waals surface area contributed by atoms with Crippen molar-refractivity contribution in [2.24, 2.45) is 0 Å². The maximum Gasteiger partial charge on any atom is 0.0876 e. The zero-order valence-corrected chi connectivity index (χ0v) is 13.0. The monoisotopic (exact) mass is 275 g/mol. The Morgan fingerprint density at radius 3 is 2.40 bits per heavy atom. The average molecular weight is 275 g/mol. The standard InChI is InChI=1S/C18H29NO/c1-3-15-19-17(16-11-7-5-8-12-16)18(20-4-2)13-9-6-10-14-18/h5,7-8,11-12,17,19H,3-4,6,9-10,13-15H2,1-2H3. The van der Waals surface area contributed by atoms with E-state index in [0.29, 0.717) is 6.04 Å². The summed E-state index contributed by atoms with van der Waals surface area (Å²) in [5.41, 5.74) is 1.36. The van der Waals surface area contributed by atoms with E-state index in [-0.39, 0.29) is 5.60 Å². The van der Waals surface area contributed by atoms with Gasteiger partial charge in [-0.25, -0.2) is 0 Å². The van der Waals surface area contributed by atoms with Gasteiger partial charge in [-0.1, -0.05) is 56.5 Å². The molecule has 2 rings (SSSR count). The summed E-state index contributed by atoms with van der Waals surface area (Å²) in [6, 6.07) is 11.2. The van der Waals surface area contributed by atoms with Crippen LogP contribution in [0.1, 0.15) is 64.0 Å². The van der Waals surface area contributed by atoms with Gasteiger partial charge in [0.1, 0.15) is 0 Å². The zero-order valence-electron chi connectivity index (χ0n) is 13.0. The molecule has 1 aromatic carbocycles. The average Bonchev–Trinajstić information content (AvgIpc) is 2.50. The van der Waals surface area contributed by atoms with E-state index in [9.17, 15) is 0 Å². The third-order valence-electron chi connectivity index (χ3n) is 4.39. The molecule has 1 fully saturated rings. The first-order valence-electron chi connectivity index (χ1n) is 8.24. The summed E-state index contributed by atoms with van der Waals surface area (Å²) in [7, 11) is 0. The van der Waals surface area contributed by atoms with E-state index >= 15 is 0 Å². The van der Waals surface area contributed by atoms with Crippen LogP contribution in [-0.4, -0.2) is 18.8 Å². The van der Waals surface area contributed by atoms with Crippen molar-refractivity contribution in [3.8, 4) is 0 Å². The molecular weight excluding hydrogens is 246 g/mol. The highest BCUT2D eigenvalue weighted by Crippen LogP contribution is 2.41. The third kappa shape index (κ3) is 3.62. The normalized spacial score (nSPS) is 19.7. The largest absolute Gasteiger partial charge is 0.373 e. The van der Waals surface area contributed by atoms with Gasteiger partial charge in [0.15, 0.2) is 0 Å². The van der Waals surface area contributed by atoms with Crippen LogP contribution < -0.4 is 5.32 Å². The highest BCUT2D eigenvalue weighted by atomic mass is 16.5. The number of hydrogen-bond donors (Lipinski definition) is 1. The SMILES string of the molecule is CCCNC(c1ccccc1)C1(OCC)CCCCC1. The fraction of sp³-hybridized carbons (Fsp3) is 0.667. The van der Waals surface area contributed by atoms with E-state index in [1.54, 1.807) is 0 Å². The maximum atomic E-state index is 6.32. The predicted molar refractivity (Wildman–Crippen MR) is 84.9 cm³/mol. The van der Waals surface area contributed by atoms with Gasteiger partial charge in [0, 0.05) is 6.61 Å². The first-order chi connectivity index (χ1) is 9.82. The number of nitrogens with one attached hydrogen (secondary N) is 1. The Hall–Kier alpha value is -0.860. The van der Waals surface area contributed by atoms with Gasteiger partial charge in [-0.15, -0.1) is 0 Å². The van der Waals surface area contributed by atoms with E-state index in [1.807, 2.05) is 0 Å². The highest BCUT2D eigenvalue weighted by molar-refractivity contribution is 5.23. The molecule has 0 spiro atoms. The molecule has 1 aromatic rings. The van der Waals surface area contributed by atoms with Crippen LogP contribution in [0.3, 0.4) is 0 Å². The molecule has 2 heteroatoms. The van der Waals surface area contributed by atoms with Gasteiger partial charge in [0.25, 0.3) is 0 Å². The summed E-state index contributed by atoms with van der Waals surface area (Å²) < 4.78 is 6.32. The summed E-state index contributed by atoms with van der Waals surface area (Å²) in [6.45, 7) is 6.20. The second-order valence-electron chi connectivity index (χ2n) is 5.86. The van der Waals surface area contributed by atoms with Crippen molar-refractivity contribution in [1.29, 1.82) is 0 Å². The van der Waals surface area contributed by atoms with Crippen LogP contribution in [0.25, 0.3) is 0 Å². The Morgan fingerprint density at radius 1 is 1.10 bits per heavy atom. The van der Waals surface area contributed by atoms with Crippen molar-refractivity contribution in [2.45, 2.75) is 64.0 Å². The third-order valence-corrected chi connectivity index (χ3v) is 4.39. The van der Waals surface area contributed by atoms with Crippen molar-refractivity contribution in [1.82, 2.24) is 5.32 Å². The minimum atomic E-state index is -0.0104. The molecule has 1 saturated carbocycles. The van der Waals surface area contributed by atoms with Crippen molar-refractivity contribution in [2.75, 3.05) is 13.2 Å². The van der Waals surface area contributed by atoms with Gasteiger partial charge in [0.2, 0.25) is 0 Å². The number of rotatable bonds is 7.